The molecule has 0 bridgehead atoms. The van der Waals surface area contributed by atoms with Crippen LogP contribution < -0.4 is 4.74 Å². The third-order valence-corrected chi connectivity index (χ3v) is 4.10. The van der Waals surface area contributed by atoms with E-state index in [1.165, 1.54) is 13.0 Å². The lowest BCUT2D eigenvalue weighted by atomic mass is 9.94. The standard InChI is InChI=1S/C14H18BrNO5/c1-8(17)10-6-9(15)7-11(16(19)20)14(10)21-13-5-3-2-4-12(13)18/h6-8,12-13,17-18H,2-5H2,1H3. The maximum absolute atomic E-state index is 11.2. The molecule has 0 amide bonds. The van der Waals surface area contributed by atoms with Gasteiger partial charge in [0.25, 0.3) is 0 Å². The van der Waals surface area contributed by atoms with E-state index < -0.39 is 23.2 Å². The number of ether oxygens (including phenoxy) is 1. The fourth-order valence-corrected chi connectivity index (χ4v) is 3.00. The molecule has 3 unspecified atom stereocenters. The van der Waals surface area contributed by atoms with E-state index >= 15 is 0 Å². The summed E-state index contributed by atoms with van der Waals surface area (Å²) >= 11 is 3.20. The van der Waals surface area contributed by atoms with Gasteiger partial charge < -0.3 is 14.9 Å². The van der Waals surface area contributed by atoms with Crippen molar-refractivity contribution in [2.75, 3.05) is 0 Å². The van der Waals surface area contributed by atoms with Gasteiger partial charge in [0.15, 0.2) is 0 Å². The lowest BCUT2D eigenvalue weighted by molar-refractivity contribution is -0.386. The van der Waals surface area contributed by atoms with Crippen molar-refractivity contribution < 1.29 is 19.9 Å². The van der Waals surface area contributed by atoms with Gasteiger partial charge in [-0.15, -0.1) is 0 Å². The molecule has 0 spiro atoms. The molecule has 116 valence electrons. The predicted molar refractivity (Wildman–Crippen MR) is 80.3 cm³/mol. The molecule has 0 aromatic heterocycles. The first-order valence-electron chi connectivity index (χ1n) is 6.90. The Balaban J connectivity index is 2.41. The van der Waals surface area contributed by atoms with Crippen LogP contribution in [0.5, 0.6) is 5.75 Å². The summed E-state index contributed by atoms with van der Waals surface area (Å²) in [4.78, 5) is 10.7. The van der Waals surface area contributed by atoms with E-state index in [9.17, 15) is 20.3 Å². The van der Waals surface area contributed by atoms with Crippen LogP contribution >= 0.6 is 15.9 Å². The molecule has 1 saturated carbocycles. The van der Waals surface area contributed by atoms with Crippen LogP contribution in [0.4, 0.5) is 5.69 Å². The minimum absolute atomic E-state index is 0.0455. The lowest BCUT2D eigenvalue weighted by Gasteiger charge is -2.29. The Morgan fingerprint density at radius 3 is 2.67 bits per heavy atom. The molecular weight excluding hydrogens is 342 g/mol. The molecule has 3 atom stereocenters. The first-order valence-corrected chi connectivity index (χ1v) is 7.70. The van der Waals surface area contributed by atoms with E-state index in [1.54, 1.807) is 6.07 Å². The summed E-state index contributed by atoms with van der Waals surface area (Å²) in [6.07, 6.45) is 1.09. The van der Waals surface area contributed by atoms with Gasteiger partial charge in [-0.25, -0.2) is 0 Å². The first kappa shape index (κ1) is 16.2. The number of rotatable bonds is 4. The summed E-state index contributed by atoms with van der Waals surface area (Å²) in [7, 11) is 0. The molecular formula is C14H18BrNO5. The van der Waals surface area contributed by atoms with Crippen LogP contribution in [-0.2, 0) is 0 Å². The van der Waals surface area contributed by atoms with Gasteiger partial charge in [-0.1, -0.05) is 22.4 Å². The second-order valence-electron chi connectivity index (χ2n) is 5.28. The van der Waals surface area contributed by atoms with Crippen LogP contribution in [0.1, 0.15) is 44.3 Å². The van der Waals surface area contributed by atoms with Crippen LogP contribution in [0.15, 0.2) is 16.6 Å². The first-order chi connectivity index (χ1) is 9.90. The van der Waals surface area contributed by atoms with Crippen LogP contribution in [0.3, 0.4) is 0 Å². The number of benzene rings is 1. The number of nitro benzene ring substituents is 1. The van der Waals surface area contributed by atoms with Gasteiger partial charge in [-0.2, -0.15) is 0 Å². The minimum Gasteiger partial charge on any atom is -0.480 e. The van der Waals surface area contributed by atoms with Crippen LogP contribution in [0.2, 0.25) is 0 Å². The number of aliphatic hydroxyl groups is 2. The van der Waals surface area contributed by atoms with E-state index in [1.807, 2.05) is 0 Å². The lowest BCUT2D eigenvalue weighted by Crippen LogP contribution is -2.35. The zero-order chi connectivity index (χ0) is 15.6. The average Bonchev–Trinajstić information content (AvgIpc) is 2.42. The van der Waals surface area contributed by atoms with Crippen molar-refractivity contribution in [3.05, 3.63) is 32.3 Å². The number of aliphatic hydroxyl groups excluding tert-OH is 2. The fourth-order valence-electron chi connectivity index (χ4n) is 2.54. The fraction of sp³-hybridized carbons (Fsp3) is 0.571. The zero-order valence-corrected chi connectivity index (χ0v) is 13.2. The van der Waals surface area contributed by atoms with Gasteiger partial charge in [0.2, 0.25) is 5.75 Å². The molecule has 1 aliphatic carbocycles. The molecule has 1 aliphatic rings. The normalized spacial score (nSPS) is 23.6. The van der Waals surface area contributed by atoms with Crippen LogP contribution in [0.25, 0.3) is 0 Å². The molecule has 21 heavy (non-hydrogen) atoms. The maximum Gasteiger partial charge on any atom is 0.312 e. The Kier molecular flexibility index (Phi) is 5.18. The van der Waals surface area contributed by atoms with Gasteiger partial charge in [-0.3, -0.25) is 10.1 Å². The summed E-state index contributed by atoms with van der Waals surface area (Å²) in [5.74, 6) is 0.0455. The number of hydrogen-bond acceptors (Lipinski definition) is 5. The highest BCUT2D eigenvalue weighted by atomic mass is 79.9. The molecule has 0 saturated heterocycles. The second-order valence-corrected chi connectivity index (χ2v) is 6.20. The highest BCUT2D eigenvalue weighted by molar-refractivity contribution is 9.10. The monoisotopic (exact) mass is 359 g/mol. The van der Waals surface area contributed by atoms with Gasteiger partial charge >= 0.3 is 5.69 Å². The molecule has 2 N–H and O–H groups in total. The highest BCUT2D eigenvalue weighted by Gasteiger charge is 2.30. The number of halogens is 1. The van der Waals surface area contributed by atoms with Gasteiger partial charge in [-0.05, 0) is 32.3 Å². The van der Waals surface area contributed by atoms with E-state index in [0.29, 0.717) is 22.9 Å². The molecule has 1 aromatic rings. The van der Waals surface area contributed by atoms with Crippen molar-refractivity contribution in [1.29, 1.82) is 0 Å². The quantitative estimate of drug-likeness (QED) is 0.636. The van der Waals surface area contributed by atoms with Crippen molar-refractivity contribution in [3.8, 4) is 5.75 Å². The zero-order valence-electron chi connectivity index (χ0n) is 11.7. The second kappa shape index (κ2) is 6.72. The molecule has 1 aromatic carbocycles. The van der Waals surface area contributed by atoms with E-state index in [-0.39, 0.29) is 11.4 Å². The molecule has 0 heterocycles. The Labute approximate surface area is 131 Å². The molecule has 6 nitrogen and oxygen atoms in total. The molecule has 1 fully saturated rings. The Hall–Kier alpha value is -1.18. The van der Waals surface area contributed by atoms with Crippen LogP contribution in [0, 0.1) is 10.1 Å². The van der Waals surface area contributed by atoms with Gasteiger partial charge in [0, 0.05) is 16.1 Å². The molecule has 7 heteroatoms. The Morgan fingerprint density at radius 2 is 2.10 bits per heavy atom. The predicted octanol–water partition coefficient (Wildman–Crippen LogP) is 3.09. The van der Waals surface area contributed by atoms with Crippen molar-refractivity contribution in [3.63, 3.8) is 0 Å². The minimum atomic E-state index is -0.906. The smallest absolute Gasteiger partial charge is 0.312 e. The van der Waals surface area contributed by atoms with Crippen molar-refractivity contribution in [2.24, 2.45) is 0 Å². The molecule has 2 rings (SSSR count). The van der Waals surface area contributed by atoms with Crippen molar-refractivity contribution >= 4 is 21.6 Å². The largest absolute Gasteiger partial charge is 0.480 e. The van der Waals surface area contributed by atoms with Crippen molar-refractivity contribution in [2.45, 2.75) is 50.9 Å². The average molecular weight is 360 g/mol. The maximum atomic E-state index is 11.2. The third kappa shape index (κ3) is 3.72. The van der Waals surface area contributed by atoms with Crippen molar-refractivity contribution in [1.82, 2.24) is 0 Å². The SMILES string of the molecule is CC(O)c1cc(Br)cc([N+](=O)[O-])c1OC1CCCCC1O. The number of nitrogens with zero attached hydrogens (tertiary/aromatic N) is 1. The summed E-state index contributed by atoms with van der Waals surface area (Å²) in [6, 6.07) is 2.94. The third-order valence-electron chi connectivity index (χ3n) is 3.65. The molecule has 0 aliphatic heterocycles. The summed E-state index contributed by atoms with van der Waals surface area (Å²) < 4.78 is 6.24. The topological polar surface area (TPSA) is 92.8 Å². The van der Waals surface area contributed by atoms with Gasteiger partial charge in [0.05, 0.1) is 17.1 Å². The molecule has 0 radical (unpaired) electrons. The highest BCUT2D eigenvalue weighted by Crippen LogP contribution is 2.39. The summed E-state index contributed by atoms with van der Waals surface area (Å²) in [5.41, 5.74) is 0.131. The number of nitro groups is 1. The van der Waals surface area contributed by atoms with Crippen LogP contribution in [-0.4, -0.2) is 27.3 Å². The van der Waals surface area contributed by atoms with Gasteiger partial charge in [0.1, 0.15) is 6.10 Å². The van der Waals surface area contributed by atoms with E-state index in [2.05, 4.69) is 15.9 Å². The number of hydrogen-bond donors (Lipinski definition) is 2. The summed E-state index contributed by atoms with van der Waals surface area (Å²) in [6.45, 7) is 1.52. The Morgan fingerprint density at radius 1 is 1.43 bits per heavy atom. The summed E-state index contributed by atoms with van der Waals surface area (Å²) in [5, 5.41) is 31.1. The Bertz CT molecular complexity index is 534. The van der Waals surface area contributed by atoms with E-state index in [4.69, 9.17) is 4.74 Å². The van der Waals surface area contributed by atoms with E-state index in [0.717, 1.165) is 12.8 Å².